The first-order valence-electron chi connectivity index (χ1n) is 10.1. The highest BCUT2D eigenvalue weighted by Crippen LogP contribution is 2.15. The van der Waals surface area contributed by atoms with Gasteiger partial charge < -0.3 is 16.0 Å². The first-order valence-corrected chi connectivity index (χ1v) is 10.1. The summed E-state index contributed by atoms with van der Waals surface area (Å²) in [7, 11) is 0. The number of benzene rings is 3. The van der Waals surface area contributed by atoms with Crippen LogP contribution in [0.4, 0.5) is 5.69 Å². The molecule has 0 aliphatic heterocycles. The molecule has 31 heavy (non-hydrogen) atoms. The molecule has 3 amide bonds. The van der Waals surface area contributed by atoms with Gasteiger partial charge >= 0.3 is 11.8 Å². The summed E-state index contributed by atoms with van der Waals surface area (Å²) in [5.74, 6) is -1.89. The molecule has 3 aromatic rings. The largest absolute Gasteiger partial charge is 0.348 e. The molecule has 6 nitrogen and oxygen atoms in total. The van der Waals surface area contributed by atoms with E-state index in [2.05, 4.69) is 16.0 Å². The van der Waals surface area contributed by atoms with E-state index in [1.807, 2.05) is 61.5 Å². The predicted octanol–water partition coefficient (Wildman–Crippen LogP) is 3.22. The highest BCUT2D eigenvalue weighted by Gasteiger charge is 2.17. The number of carbonyl (C=O) groups is 3. The van der Waals surface area contributed by atoms with Crippen molar-refractivity contribution in [2.75, 3.05) is 11.9 Å². The Kier molecular flexibility index (Phi) is 7.54. The van der Waals surface area contributed by atoms with Crippen molar-refractivity contribution in [1.29, 1.82) is 0 Å². The van der Waals surface area contributed by atoms with Crippen molar-refractivity contribution in [3.8, 4) is 0 Å². The number of carbonyl (C=O) groups excluding carboxylic acids is 3. The fourth-order valence-corrected chi connectivity index (χ4v) is 3.00. The van der Waals surface area contributed by atoms with Crippen LogP contribution in [0.25, 0.3) is 0 Å². The van der Waals surface area contributed by atoms with Gasteiger partial charge in [-0.2, -0.15) is 0 Å². The van der Waals surface area contributed by atoms with Gasteiger partial charge in [0.05, 0.1) is 11.3 Å². The molecule has 0 aliphatic rings. The van der Waals surface area contributed by atoms with Gasteiger partial charge in [0.1, 0.15) is 0 Å². The summed E-state index contributed by atoms with van der Waals surface area (Å²) in [6.45, 7) is 2.70. The summed E-state index contributed by atoms with van der Waals surface area (Å²) in [5, 5.41) is 7.97. The fourth-order valence-electron chi connectivity index (χ4n) is 3.00. The number of hydrogen-bond donors (Lipinski definition) is 3. The Morgan fingerprint density at radius 1 is 0.710 bits per heavy atom. The molecule has 0 aromatic heterocycles. The summed E-state index contributed by atoms with van der Waals surface area (Å²) in [4.78, 5) is 37.0. The van der Waals surface area contributed by atoms with Crippen molar-refractivity contribution in [3.63, 3.8) is 0 Å². The predicted molar refractivity (Wildman–Crippen MR) is 121 cm³/mol. The molecule has 0 aliphatic carbocycles. The molecule has 0 atom stereocenters. The van der Waals surface area contributed by atoms with E-state index in [1.54, 1.807) is 24.3 Å². The maximum atomic E-state index is 12.6. The molecule has 0 bridgehead atoms. The molecule has 158 valence electrons. The van der Waals surface area contributed by atoms with Crippen molar-refractivity contribution >= 4 is 23.4 Å². The summed E-state index contributed by atoms with van der Waals surface area (Å²) < 4.78 is 0. The van der Waals surface area contributed by atoms with Gasteiger partial charge in [0.2, 0.25) is 0 Å². The summed E-state index contributed by atoms with van der Waals surface area (Å²) in [5.41, 5.74) is 3.76. The summed E-state index contributed by atoms with van der Waals surface area (Å²) >= 11 is 0. The Hall–Kier alpha value is -3.93. The third-order valence-corrected chi connectivity index (χ3v) is 4.74. The van der Waals surface area contributed by atoms with E-state index in [1.165, 1.54) is 0 Å². The van der Waals surface area contributed by atoms with Gasteiger partial charge in [-0.05, 0) is 36.6 Å². The monoisotopic (exact) mass is 415 g/mol. The van der Waals surface area contributed by atoms with Gasteiger partial charge in [-0.3, -0.25) is 14.4 Å². The lowest BCUT2D eigenvalue weighted by molar-refractivity contribution is -0.136. The van der Waals surface area contributed by atoms with E-state index in [0.717, 1.165) is 16.7 Å². The fraction of sp³-hybridized carbons (Fsp3) is 0.160. The Labute approximate surface area is 181 Å². The first-order chi connectivity index (χ1) is 15.0. The van der Waals surface area contributed by atoms with Crippen molar-refractivity contribution in [2.24, 2.45) is 0 Å². The molecule has 6 heteroatoms. The minimum atomic E-state index is -0.813. The zero-order valence-electron chi connectivity index (χ0n) is 17.4. The Morgan fingerprint density at radius 3 is 2.13 bits per heavy atom. The van der Waals surface area contributed by atoms with Crippen LogP contribution in [0.1, 0.15) is 27.0 Å². The van der Waals surface area contributed by atoms with E-state index in [0.29, 0.717) is 25.1 Å². The van der Waals surface area contributed by atoms with Crippen molar-refractivity contribution in [1.82, 2.24) is 10.6 Å². The second-order valence-corrected chi connectivity index (χ2v) is 7.16. The number of aryl methyl sites for hydroxylation is 1. The molecular formula is C25H25N3O3. The van der Waals surface area contributed by atoms with E-state index in [9.17, 15) is 14.4 Å². The highest BCUT2D eigenvalue weighted by atomic mass is 16.2. The van der Waals surface area contributed by atoms with Crippen LogP contribution in [0, 0.1) is 6.92 Å². The van der Waals surface area contributed by atoms with Crippen LogP contribution in [-0.4, -0.2) is 24.3 Å². The number of para-hydroxylation sites is 1. The van der Waals surface area contributed by atoms with Crippen LogP contribution in [0.5, 0.6) is 0 Å². The zero-order valence-corrected chi connectivity index (χ0v) is 17.4. The third-order valence-electron chi connectivity index (χ3n) is 4.74. The first kappa shape index (κ1) is 21.8. The van der Waals surface area contributed by atoms with E-state index >= 15 is 0 Å². The van der Waals surface area contributed by atoms with Crippen molar-refractivity contribution < 1.29 is 14.4 Å². The second kappa shape index (κ2) is 10.7. The van der Waals surface area contributed by atoms with E-state index < -0.39 is 11.8 Å². The Balaban J connectivity index is 1.54. The molecule has 3 rings (SSSR count). The lowest BCUT2D eigenvalue weighted by Gasteiger charge is -2.12. The van der Waals surface area contributed by atoms with Crippen LogP contribution in [0.15, 0.2) is 78.9 Å². The third kappa shape index (κ3) is 6.54. The van der Waals surface area contributed by atoms with Crippen molar-refractivity contribution in [2.45, 2.75) is 19.9 Å². The average Bonchev–Trinajstić information content (AvgIpc) is 2.79. The average molecular weight is 415 g/mol. The molecular weight excluding hydrogens is 390 g/mol. The standard InChI is InChI=1S/C25H25N3O3/c1-18-11-13-20(14-12-18)17-27-23(29)21-9-5-6-10-22(21)28-25(31)24(30)26-16-15-19-7-3-2-4-8-19/h2-14H,15-17H2,1H3,(H,26,30)(H,27,29)(H,28,31). The molecule has 0 spiro atoms. The summed E-state index contributed by atoms with van der Waals surface area (Å²) in [6, 6.07) is 24.1. The normalized spacial score (nSPS) is 10.2. The quantitative estimate of drug-likeness (QED) is 0.518. The molecule has 0 heterocycles. The smallest absolute Gasteiger partial charge is 0.313 e. The van der Waals surface area contributed by atoms with Gasteiger partial charge in [-0.25, -0.2) is 0 Å². The molecule has 3 aromatic carbocycles. The number of amides is 3. The number of nitrogens with one attached hydrogen (secondary N) is 3. The van der Waals surface area contributed by atoms with Gasteiger partial charge in [-0.1, -0.05) is 72.3 Å². The van der Waals surface area contributed by atoms with Crippen LogP contribution < -0.4 is 16.0 Å². The minimum absolute atomic E-state index is 0.284. The maximum absolute atomic E-state index is 12.6. The Morgan fingerprint density at radius 2 is 1.39 bits per heavy atom. The summed E-state index contributed by atoms with van der Waals surface area (Å²) in [6.07, 6.45) is 0.623. The molecule has 0 radical (unpaired) electrons. The highest BCUT2D eigenvalue weighted by molar-refractivity contribution is 6.40. The van der Waals surface area contributed by atoms with Gasteiger partial charge in [0.15, 0.2) is 0 Å². The van der Waals surface area contributed by atoms with Gasteiger partial charge in [-0.15, -0.1) is 0 Å². The second-order valence-electron chi connectivity index (χ2n) is 7.16. The van der Waals surface area contributed by atoms with Crippen LogP contribution in [-0.2, 0) is 22.6 Å². The minimum Gasteiger partial charge on any atom is -0.348 e. The molecule has 0 saturated carbocycles. The molecule has 0 fully saturated rings. The van der Waals surface area contributed by atoms with Gasteiger partial charge in [0.25, 0.3) is 5.91 Å². The van der Waals surface area contributed by atoms with Gasteiger partial charge in [0, 0.05) is 13.1 Å². The molecule has 0 saturated heterocycles. The van der Waals surface area contributed by atoms with Crippen LogP contribution in [0.2, 0.25) is 0 Å². The topological polar surface area (TPSA) is 87.3 Å². The Bertz CT molecular complexity index is 1050. The zero-order chi connectivity index (χ0) is 22.1. The lowest BCUT2D eigenvalue weighted by atomic mass is 10.1. The molecule has 0 unspecified atom stereocenters. The lowest BCUT2D eigenvalue weighted by Crippen LogP contribution is -2.37. The van der Waals surface area contributed by atoms with Crippen LogP contribution >= 0.6 is 0 Å². The van der Waals surface area contributed by atoms with E-state index in [4.69, 9.17) is 0 Å². The number of hydrogen-bond acceptors (Lipinski definition) is 3. The number of anilines is 1. The van der Waals surface area contributed by atoms with Crippen LogP contribution in [0.3, 0.4) is 0 Å². The van der Waals surface area contributed by atoms with Crippen molar-refractivity contribution in [3.05, 3.63) is 101 Å². The molecule has 3 N–H and O–H groups in total. The SMILES string of the molecule is Cc1ccc(CNC(=O)c2ccccc2NC(=O)C(=O)NCCc2ccccc2)cc1. The van der Waals surface area contributed by atoms with E-state index in [-0.39, 0.29) is 11.6 Å². The number of rotatable bonds is 7. The maximum Gasteiger partial charge on any atom is 0.313 e.